The molecule has 0 heterocycles. The highest BCUT2D eigenvalue weighted by atomic mass is 15.3. The number of hydrogen-bond donors (Lipinski definition) is 0. The Labute approximate surface area is 345 Å². The van der Waals surface area contributed by atoms with Crippen molar-refractivity contribution >= 4 is 0 Å². The molecule has 0 atom stereocenters. The average Bonchev–Trinajstić information content (AvgIpc) is 3.15. The first-order chi connectivity index (χ1) is 26.3. The van der Waals surface area contributed by atoms with Gasteiger partial charge in [-0.2, -0.15) is 0 Å². The quantitative estimate of drug-likeness (QED) is 0.0428. The summed E-state index contributed by atoms with van der Waals surface area (Å²) in [6.45, 7) is 10.1. The van der Waals surface area contributed by atoms with Crippen molar-refractivity contribution in [2.24, 2.45) is 0 Å². The van der Waals surface area contributed by atoms with Gasteiger partial charge < -0.3 is 8.97 Å². The molecule has 0 N–H and O–H groups in total. The number of nitrogens with zero attached hydrogens (tertiary/aromatic N) is 2. The average molecular weight is 763 g/mol. The molecule has 2 nitrogen and oxygen atoms in total. The molecule has 0 saturated carbocycles. The number of unbranched alkanes of at least 4 members (excludes halogenated alkanes) is 39. The van der Waals surface area contributed by atoms with Crippen molar-refractivity contribution in [3.8, 4) is 0 Å². The fourth-order valence-corrected chi connectivity index (χ4v) is 8.89. The second-order valence-electron chi connectivity index (χ2n) is 19.9. The van der Waals surface area contributed by atoms with E-state index in [2.05, 4.69) is 42.0 Å². The third kappa shape index (κ3) is 44.6. The Morgan fingerprint density at radius 3 is 0.426 bits per heavy atom. The van der Waals surface area contributed by atoms with Gasteiger partial charge in [-0.15, -0.1) is 0 Å². The van der Waals surface area contributed by atoms with Gasteiger partial charge in [0, 0.05) is 12.8 Å². The minimum Gasteiger partial charge on any atom is -0.328 e. The Kier molecular flexibility index (Phi) is 42.5. The second-order valence-corrected chi connectivity index (χ2v) is 19.9. The van der Waals surface area contributed by atoms with Gasteiger partial charge in [0.2, 0.25) is 0 Å². The van der Waals surface area contributed by atoms with Gasteiger partial charge in [0.05, 0.1) is 54.4 Å². The van der Waals surface area contributed by atoms with Crippen LogP contribution in [-0.4, -0.2) is 63.3 Å². The van der Waals surface area contributed by atoms with E-state index in [-0.39, 0.29) is 0 Å². The topological polar surface area (TPSA) is 0 Å². The summed E-state index contributed by atoms with van der Waals surface area (Å²) in [4.78, 5) is 0. The molecule has 0 unspecified atom stereocenters. The molecule has 0 aromatic carbocycles. The van der Waals surface area contributed by atoms with Gasteiger partial charge in [-0.1, -0.05) is 245 Å². The van der Waals surface area contributed by atoms with Crippen molar-refractivity contribution in [3.05, 3.63) is 0 Å². The minimum atomic E-state index is 1.23. The van der Waals surface area contributed by atoms with Gasteiger partial charge in [-0.05, 0) is 25.7 Å². The van der Waals surface area contributed by atoms with Crippen LogP contribution < -0.4 is 0 Å². The molecule has 0 aliphatic carbocycles. The SMILES string of the molecule is CCCCCCCCCCCCCCCCCCCCCC[N+](C)(C)CCCC[N+](C)(C)CCCCCCCCCCCCCCCCCCCCCC. The first-order valence-corrected chi connectivity index (χ1v) is 26.0. The summed E-state index contributed by atoms with van der Waals surface area (Å²) in [5, 5.41) is 0. The van der Waals surface area contributed by atoms with Gasteiger partial charge in [-0.3, -0.25) is 0 Å². The molecule has 0 aromatic rings. The fraction of sp³-hybridized carbons (Fsp3) is 1.00. The molecule has 0 rings (SSSR count). The Hall–Kier alpha value is -0.0800. The molecular weight excluding hydrogens is 653 g/mol. The first-order valence-electron chi connectivity index (χ1n) is 26.0. The maximum absolute atomic E-state index is 2.48. The summed E-state index contributed by atoms with van der Waals surface area (Å²) >= 11 is 0. The summed E-state index contributed by atoms with van der Waals surface area (Å²) in [5.41, 5.74) is 0. The summed E-state index contributed by atoms with van der Waals surface area (Å²) in [7, 11) is 9.92. The summed E-state index contributed by atoms with van der Waals surface area (Å²) in [6, 6.07) is 0. The van der Waals surface area contributed by atoms with E-state index >= 15 is 0 Å². The van der Waals surface area contributed by atoms with Crippen LogP contribution in [0.3, 0.4) is 0 Å². The summed E-state index contributed by atoms with van der Waals surface area (Å²) in [5.74, 6) is 0. The van der Waals surface area contributed by atoms with Crippen molar-refractivity contribution in [1.82, 2.24) is 0 Å². The van der Waals surface area contributed by atoms with Crippen LogP contribution in [0.1, 0.15) is 284 Å². The maximum Gasteiger partial charge on any atom is 0.0784 e. The van der Waals surface area contributed by atoms with Crippen molar-refractivity contribution in [2.75, 3.05) is 54.4 Å². The van der Waals surface area contributed by atoms with Crippen LogP contribution in [0.5, 0.6) is 0 Å². The van der Waals surface area contributed by atoms with Gasteiger partial charge >= 0.3 is 0 Å². The van der Waals surface area contributed by atoms with Crippen molar-refractivity contribution in [1.29, 1.82) is 0 Å². The molecule has 0 fully saturated rings. The van der Waals surface area contributed by atoms with E-state index in [1.165, 1.54) is 305 Å². The Morgan fingerprint density at radius 2 is 0.278 bits per heavy atom. The predicted octanol–water partition coefficient (Wildman–Crippen LogP) is 17.6. The Bertz CT molecular complexity index is 626. The van der Waals surface area contributed by atoms with Crippen LogP contribution in [0.2, 0.25) is 0 Å². The molecular formula is C52H110N2+2. The van der Waals surface area contributed by atoms with Crippen molar-refractivity contribution in [3.63, 3.8) is 0 Å². The van der Waals surface area contributed by atoms with E-state index in [1.807, 2.05) is 0 Å². The largest absolute Gasteiger partial charge is 0.328 e. The molecule has 0 amide bonds. The summed E-state index contributed by atoms with van der Waals surface area (Å²) < 4.78 is 2.46. The Balaban J connectivity index is 3.43. The van der Waals surface area contributed by atoms with Crippen LogP contribution in [0.4, 0.5) is 0 Å². The molecule has 0 aliphatic rings. The van der Waals surface area contributed by atoms with Crippen LogP contribution in [0.25, 0.3) is 0 Å². The molecule has 0 radical (unpaired) electrons. The van der Waals surface area contributed by atoms with Crippen LogP contribution in [0, 0.1) is 0 Å². The molecule has 0 aromatic heterocycles. The molecule has 0 spiro atoms. The zero-order valence-electron chi connectivity index (χ0n) is 39.4. The normalized spacial score (nSPS) is 12.3. The minimum absolute atomic E-state index is 1.23. The number of quaternary nitrogens is 2. The van der Waals surface area contributed by atoms with Gasteiger partial charge in [0.15, 0.2) is 0 Å². The van der Waals surface area contributed by atoms with Gasteiger partial charge in [0.1, 0.15) is 0 Å². The zero-order valence-corrected chi connectivity index (χ0v) is 39.4. The lowest BCUT2D eigenvalue weighted by Crippen LogP contribution is -2.43. The molecule has 0 bridgehead atoms. The van der Waals surface area contributed by atoms with E-state index in [4.69, 9.17) is 0 Å². The van der Waals surface area contributed by atoms with E-state index in [0.29, 0.717) is 0 Å². The predicted molar refractivity (Wildman–Crippen MR) is 249 cm³/mol. The zero-order chi connectivity index (χ0) is 39.5. The molecule has 326 valence electrons. The maximum atomic E-state index is 2.48. The fourth-order valence-electron chi connectivity index (χ4n) is 8.89. The molecule has 2 heteroatoms. The number of rotatable bonds is 47. The van der Waals surface area contributed by atoms with Crippen LogP contribution >= 0.6 is 0 Å². The third-order valence-electron chi connectivity index (χ3n) is 13.0. The lowest BCUT2D eigenvalue weighted by Gasteiger charge is -2.32. The highest BCUT2D eigenvalue weighted by Crippen LogP contribution is 2.18. The van der Waals surface area contributed by atoms with E-state index in [9.17, 15) is 0 Å². The lowest BCUT2D eigenvalue weighted by atomic mass is 10.0. The smallest absolute Gasteiger partial charge is 0.0784 e. The molecule has 0 saturated heterocycles. The van der Waals surface area contributed by atoms with Crippen LogP contribution in [-0.2, 0) is 0 Å². The number of hydrogen-bond acceptors (Lipinski definition) is 0. The van der Waals surface area contributed by atoms with Crippen LogP contribution in [0.15, 0.2) is 0 Å². The van der Waals surface area contributed by atoms with E-state index in [1.54, 1.807) is 0 Å². The highest BCUT2D eigenvalue weighted by Gasteiger charge is 2.17. The second kappa shape index (κ2) is 42.5. The van der Waals surface area contributed by atoms with Crippen molar-refractivity contribution in [2.45, 2.75) is 284 Å². The van der Waals surface area contributed by atoms with Gasteiger partial charge in [0.25, 0.3) is 0 Å². The molecule has 54 heavy (non-hydrogen) atoms. The summed E-state index contributed by atoms with van der Waals surface area (Å²) in [6.07, 6.45) is 61.5. The highest BCUT2D eigenvalue weighted by molar-refractivity contribution is 4.53. The first kappa shape index (κ1) is 53.9. The lowest BCUT2D eigenvalue weighted by molar-refractivity contribution is -0.897. The Morgan fingerprint density at radius 1 is 0.167 bits per heavy atom. The third-order valence-corrected chi connectivity index (χ3v) is 13.0. The standard InChI is InChI=1S/C52H110N2/c1-7-9-11-13-15-17-19-21-23-25-27-29-31-33-35-37-39-41-43-45-49-53(3,4)51-47-48-52-54(5,6)50-46-44-42-40-38-36-34-32-30-28-26-24-22-20-18-16-14-12-10-8-2/h7-52H2,1-6H3/q+2. The van der Waals surface area contributed by atoms with Gasteiger partial charge in [-0.25, -0.2) is 0 Å². The monoisotopic (exact) mass is 763 g/mol. The molecule has 0 aliphatic heterocycles. The van der Waals surface area contributed by atoms with Crippen molar-refractivity contribution < 1.29 is 8.97 Å². The van der Waals surface area contributed by atoms with E-state index < -0.39 is 0 Å². The van der Waals surface area contributed by atoms with E-state index in [0.717, 1.165) is 0 Å².